The Balaban J connectivity index is 1.72. The lowest BCUT2D eigenvalue weighted by molar-refractivity contribution is 0.0723. The third-order valence-electron chi connectivity index (χ3n) is 7.27. The van der Waals surface area contributed by atoms with Gasteiger partial charge in [0, 0.05) is 41.6 Å². The van der Waals surface area contributed by atoms with Crippen molar-refractivity contribution in [2.24, 2.45) is 9.88 Å². The molecule has 200 valence electrons. The predicted molar refractivity (Wildman–Crippen MR) is 154 cm³/mol. The first kappa shape index (κ1) is 26.9. The molecule has 3 aromatic carbocycles. The number of rotatable bonds is 7. The number of sulfonamides is 1. The molecule has 0 radical (unpaired) electrons. The second kappa shape index (κ2) is 10.4. The molecule has 2 atom stereocenters. The van der Waals surface area contributed by atoms with Crippen LogP contribution in [0.4, 0.5) is 11.4 Å². The van der Waals surface area contributed by atoms with Crippen LogP contribution in [0.25, 0.3) is 0 Å². The fourth-order valence-electron chi connectivity index (χ4n) is 5.19. The van der Waals surface area contributed by atoms with Gasteiger partial charge in [-0.1, -0.05) is 62.4 Å². The van der Waals surface area contributed by atoms with Gasteiger partial charge in [0.05, 0.1) is 23.3 Å². The Morgan fingerprint density at radius 1 is 1.08 bits per heavy atom. The van der Waals surface area contributed by atoms with Crippen molar-refractivity contribution in [3.05, 3.63) is 95.9 Å². The minimum atomic E-state index is -3.81. The van der Waals surface area contributed by atoms with Crippen LogP contribution in [0.5, 0.6) is 0 Å². The van der Waals surface area contributed by atoms with Gasteiger partial charge in [-0.05, 0) is 48.7 Å². The summed E-state index contributed by atoms with van der Waals surface area (Å²) in [7, 11) is -4.54. The Hall–Kier alpha value is -2.74. The van der Waals surface area contributed by atoms with Gasteiger partial charge in [-0.25, -0.2) is 18.3 Å². The number of nitrogens with zero attached hydrogens (tertiary/aromatic N) is 2. The largest absolute Gasteiger partial charge is 0.376 e. The van der Waals surface area contributed by atoms with Gasteiger partial charge in [0.1, 0.15) is 7.28 Å². The SMILES string of the molecule is CN1/C(=C/P(=Nc2ccc(S(N)(=O)=O)cc2)(OCC2CCCO2)c2ccccc2)C(C)(C)c2ccccc21. The van der Waals surface area contributed by atoms with E-state index in [1.807, 2.05) is 18.2 Å². The standard InChI is InChI=1S/C29H34N3O4PS/c1-29(2)26-13-7-8-14-27(26)32(3)28(29)21-37(24-11-5-4-6-12-24,36-20-23-10-9-19-35-23)31-22-15-17-25(18-16-22)38(30,33)34/h4-8,11-18,21,23H,9-10,19-20H2,1-3H3,(H2,30,33,34)/b28-21+. The van der Waals surface area contributed by atoms with Crippen molar-refractivity contribution in [1.29, 1.82) is 0 Å². The zero-order valence-corrected chi connectivity index (χ0v) is 23.7. The first-order valence-corrected chi connectivity index (χ1v) is 16.0. The summed E-state index contributed by atoms with van der Waals surface area (Å²) in [6, 6.07) is 24.9. The highest BCUT2D eigenvalue weighted by molar-refractivity contribution is 7.89. The number of para-hydroxylation sites is 1. The molecule has 38 heavy (non-hydrogen) atoms. The number of nitrogens with two attached hydrogens (primary N) is 1. The van der Waals surface area contributed by atoms with E-state index in [4.69, 9.17) is 19.1 Å². The molecular weight excluding hydrogens is 517 g/mol. The molecule has 0 aliphatic carbocycles. The average Bonchev–Trinajstić information content (AvgIpc) is 3.49. The Morgan fingerprint density at radius 3 is 2.39 bits per heavy atom. The molecule has 0 aromatic heterocycles. The summed E-state index contributed by atoms with van der Waals surface area (Å²) in [5.74, 6) is 2.21. The molecule has 3 aromatic rings. The molecule has 1 fully saturated rings. The van der Waals surface area contributed by atoms with E-state index in [9.17, 15) is 8.42 Å². The van der Waals surface area contributed by atoms with Crippen molar-refractivity contribution in [3.63, 3.8) is 0 Å². The molecular formula is C29H34N3O4PS. The van der Waals surface area contributed by atoms with Gasteiger partial charge in [0.25, 0.3) is 0 Å². The van der Waals surface area contributed by atoms with Crippen LogP contribution in [-0.2, 0) is 24.7 Å². The van der Waals surface area contributed by atoms with Crippen molar-refractivity contribution in [3.8, 4) is 0 Å². The number of likely N-dealkylation sites (N-methyl/N-ethyl adjacent to an activating group) is 1. The maximum absolute atomic E-state index is 11.8. The number of hydrogen-bond donors (Lipinski definition) is 1. The minimum Gasteiger partial charge on any atom is -0.376 e. The summed E-state index contributed by atoms with van der Waals surface area (Å²) in [6.07, 6.45) is 1.98. The number of ether oxygens (including phenoxy) is 1. The first-order valence-electron chi connectivity index (χ1n) is 12.7. The first-order chi connectivity index (χ1) is 18.1. The lowest BCUT2D eigenvalue weighted by Crippen LogP contribution is -2.24. The molecule has 5 rings (SSSR count). The highest BCUT2D eigenvalue weighted by atomic mass is 32.2. The van der Waals surface area contributed by atoms with Gasteiger partial charge in [0.15, 0.2) is 0 Å². The zero-order chi connectivity index (χ0) is 27.0. The Kier molecular flexibility index (Phi) is 7.37. The Labute approximate surface area is 225 Å². The van der Waals surface area contributed by atoms with Crippen molar-refractivity contribution in [1.82, 2.24) is 0 Å². The van der Waals surface area contributed by atoms with Crippen molar-refractivity contribution in [2.75, 3.05) is 25.2 Å². The monoisotopic (exact) mass is 551 g/mol. The van der Waals surface area contributed by atoms with Crippen molar-refractivity contribution in [2.45, 2.75) is 43.1 Å². The Morgan fingerprint density at radius 2 is 1.76 bits per heavy atom. The van der Waals surface area contributed by atoms with Crippen LogP contribution in [-0.4, -0.2) is 34.8 Å². The van der Waals surface area contributed by atoms with E-state index in [2.05, 4.69) is 68.0 Å². The summed E-state index contributed by atoms with van der Waals surface area (Å²) >= 11 is 0. The zero-order valence-electron chi connectivity index (χ0n) is 21.9. The fraction of sp³-hybridized carbons (Fsp3) is 0.310. The summed E-state index contributed by atoms with van der Waals surface area (Å²) in [6.45, 7) is 5.61. The summed E-state index contributed by atoms with van der Waals surface area (Å²) < 4.78 is 41.7. The second-order valence-corrected chi connectivity index (χ2v) is 14.3. The number of benzene rings is 3. The number of primary sulfonamides is 1. The molecule has 0 amide bonds. The third kappa shape index (κ3) is 5.24. The van der Waals surface area contributed by atoms with Crippen LogP contribution < -0.4 is 15.3 Å². The van der Waals surface area contributed by atoms with E-state index in [1.165, 1.54) is 17.7 Å². The smallest absolute Gasteiger partial charge is 0.238 e. The van der Waals surface area contributed by atoms with Gasteiger partial charge < -0.3 is 14.2 Å². The summed E-state index contributed by atoms with van der Waals surface area (Å²) in [5, 5.41) is 6.31. The third-order valence-corrected chi connectivity index (χ3v) is 10.9. The van der Waals surface area contributed by atoms with E-state index >= 15 is 0 Å². The molecule has 2 unspecified atom stereocenters. The van der Waals surface area contributed by atoms with E-state index in [0.717, 1.165) is 36.1 Å². The van der Waals surface area contributed by atoms with Crippen LogP contribution in [0.15, 0.2) is 100 Å². The van der Waals surface area contributed by atoms with Gasteiger partial charge in [-0.2, -0.15) is 0 Å². The fourth-order valence-corrected chi connectivity index (χ4v) is 8.60. The van der Waals surface area contributed by atoms with Crippen LogP contribution in [0.1, 0.15) is 32.3 Å². The number of allylic oxidation sites excluding steroid dienone is 1. The number of hydrogen-bond acceptors (Lipinski definition) is 6. The topological polar surface area (TPSA) is 94.2 Å². The van der Waals surface area contributed by atoms with E-state index in [1.54, 1.807) is 12.1 Å². The van der Waals surface area contributed by atoms with Crippen molar-refractivity contribution < 1.29 is 17.7 Å². The molecule has 9 heteroatoms. The Bertz CT molecular complexity index is 1500. The average molecular weight is 552 g/mol. The maximum atomic E-state index is 11.8. The minimum absolute atomic E-state index is 0.0166. The number of fused-ring (bicyclic) bond motifs is 1. The predicted octanol–water partition coefficient (Wildman–Crippen LogP) is 5.87. The van der Waals surface area contributed by atoms with Crippen LogP contribution in [0, 0.1) is 0 Å². The molecule has 2 heterocycles. The molecule has 0 bridgehead atoms. The highest BCUT2D eigenvalue weighted by Crippen LogP contribution is 2.58. The number of anilines is 1. The summed E-state index contributed by atoms with van der Waals surface area (Å²) in [4.78, 5) is 2.27. The van der Waals surface area contributed by atoms with Gasteiger partial charge in [-0.3, -0.25) is 0 Å². The molecule has 2 aliphatic heterocycles. The van der Waals surface area contributed by atoms with E-state index in [0.29, 0.717) is 12.3 Å². The van der Waals surface area contributed by atoms with Crippen LogP contribution in [0.2, 0.25) is 0 Å². The normalized spacial score (nSPS) is 21.3. The molecule has 0 saturated carbocycles. The lowest BCUT2D eigenvalue weighted by Gasteiger charge is -2.30. The molecule has 7 nitrogen and oxygen atoms in total. The van der Waals surface area contributed by atoms with E-state index in [-0.39, 0.29) is 16.4 Å². The molecule has 2 N–H and O–H groups in total. The van der Waals surface area contributed by atoms with E-state index < -0.39 is 17.3 Å². The summed E-state index contributed by atoms with van der Waals surface area (Å²) in [5.41, 5.74) is 3.86. The second-order valence-electron chi connectivity index (χ2n) is 10.2. The lowest BCUT2D eigenvalue weighted by atomic mass is 9.84. The van der Waals surface area contributed by atoms with Gasteiger partial charge >= 0.3 is 0 Å². The van der Waals surface area contributed by atoms with Crippen LogP contribution >= 0.6 is 7.28 Å². The quantitative estimate of drug-likeness (QED) is 0.371. The maximum Gasteiger partial charge on any atom is 0.238 e. The molecule has 1 saturated heterocycles. The van der Waals surface area contributed by atoms with Gasteiger partial charge in [-0.15, -0.1) is 0 Å². The van der Waals surface area contributed by atoms with Gasteiger partial charge in [0.2, 0.25) is 10.0 Å². The molecule has 2 aliphatic rings. The highest BCUT2D eigenvalue weighted by Gasteiger charge is 2.40. The van der Waals surface area contributed by atoms with Crippen molar-refractivity contribution >= 4 is 34.0 Å². The van der Waals surface area contributed by atoms with Crippen LogP contribution in [0.3, 0.4) is 0 Å². The molecule has 0 spiro atoms.